The predicted octanol–water partition coefficient (Wildman–Crippen LogP) is 1.32. The van der Waals surface area contributed by atoms with Crippen LogP contribution in [0.2, 0.25) is 0 Å². The lowest BCUT2D eigenvalue weighted by molar-refractivity contribution is -0.137. The molecule has 20 heavy (non-hydrogen) atoms. The van der Waals surface area contributed by atoms with Crippen LogP contribution >= 0.6 is 0 Å². The van der Waals surface area contributed by atoms with Crippen molar-refractivity contribution in [1.29, 1.82) is 0 Å². The van der Waals surface area contributed by atoms with Crippen LogP contribution in [0.15, 0.2) is 0 Å². The smallest absolute Gasteiger partial charge is 0.242 e. The molecule has 0 spiro atoms. The molecule has 114 valence electrons. The zero-order chi connectivity index (χ0) is 14.6. The topological polar surface area (TPSA) is 58.6 Å². The molecule has 0 aromatic carbocycles. The van der Waals surface area contributed by atoms with E-state index in [1.54, 1.807) is 12.0 Å². The normalized spacial score (nSPS) is 23.1. The van der Waals surface area contributed by atoms with Crippen LogP contribution in [-0.2, 0) is 14.3 Å². The molecule has 1 aliphatic heterocycles. The highest BCUT2D eigenvalue weighted by molar-refractivity contribution is 5.88. The number of likely N-dealkylation sites (tertiary alicyclic amines) is 1. The molecule has 1 saturated heterocycles. The van der Waals surface area contributed by atoms with E-state index >= 15 is 0 Å². The van der Waals surface area contributed by atoms with Gasteiger partial charge in [0.1, 0.15) is 6.04 Å². The van der Waals surface area contributed by atoms with Gasteiger partial charge >= 0.3 is 0 Å². The van der Waals surface area contributed by atoms with Gasteiger partial charge in [0.05, 0.1) is 6.61 Å². The SMILES string of the molecule is COCC1(CNC(=O)C(C)N2CCCC2=O)CCCC1. The maximum atomic E-state index is 12.2. The Morgan fingerprint density at radius 3 is 2.65 bits per heavy atom. The van der Waals surface area contributed by atoms with Crippen LogP contribution < -0.4 is 5.32 Å². The van der Waals surface area contributed by atoms with Gasteiger partial charge in [-0.3, -0.25) is 9.59 Å². The lowest BCUT2D eigenvalue weighted by Gasteiger charge is -2.30. The fourth-order valence-electron chi connectivity index (χ4n) is 3.45. The number of methoxy groups -OCH3 is 1. The summed E-state index contributed by atoms with van der Waals surface area (Å²) in [6.07, 6.45) is 6.07. The number of ether oxygens (including phenoxy) is 1. The van der Waals surface area contributed by atoms with E-state index in [9.17, 15) is 9.59 Å². The second-order valence-corrected chi connectivity index (χ2v) is 6.22. The fraction of sp³-hybridized carbons (Fsp3) is 0.867. The highest BCUT2D eigenvalue weighted by Gasteiger charge is 2.35. The van der Waals surface area contributed by atoms with E-state index in [1.807, 2.05) is 6.92 Å². The summed E-state index contributed by atoms with van der Waals surface area (Å²) in [7, 11) is 1.72. The molecular formula is C15H26N2O3. The van der Waals surface area contributed by atoms with Crippen molar-refractivity contribution in [1.82, 2.24) is 10.2 Å². The van der Waals surface area contributed by atoms with Crippen molar-refractivity contribution in [2.24, 2.45) is 5.41 Å². The van der Waals surface area contributed by atoms with Crippen LogP contribution in [0.3, 0.4) is 0 Å². The van der Waals surface area contributed by atoms with E-state index in [2.05, 4.69) is 5.32 Å². The zero-order valence-corrected chi connectivity index (χ0v) is 12.6. The molecule has 0 aromatic rings. The van der Waals surface area contributed by atoms with Crippen molar-refractivity contribution < 1.29 is 14.3 Å². The van der Waals surface area contributed by atoms with Gasteiger partial charge in [0.15, 0.2) is 0 Å². The van der Waals surface area contributed by atoms with Crippen LogP contribution in [0, 0.1) is 5.41 Å². The van der Waals surface area contributed by atoms with Crippen molar-refractivity contribution in [3.63, 3.8) is 0 Å². The third-order valence-corrected chi connectivity index (χ3v) is 4.71. The summed E-state index contributed by atoms with van der Waals surface area (Å²) in [4.78, 5) is 25.6. The Morgan fingerprint density at radius 1 is 1.40 bits per heavy atom. The van der Waals surface area contributed by atoms with Crippen LogP contribution in [0.25, 0.3) is 0 Å². The van der Waals surface area contributed by atoms with Crippen LogP contribution in [0.1, 0.15) is 45.4 Å². The highest BCUT2D eigenvalue weighted by Crippen LogP contribution is 2.37. The quantitative estimate of drug-likeness (QED) is 0.799. The van der Waals surface area contributed by atoms with E-state index in [-0.39, 0.29) is 23.3 Å². The first-order chi connectivity index (χ1) is 9.58. The first kappa shape index (κ1) is 15.3. The average molecular weight is 282 g/mol. The number of rotatable bonds is 6. The summed E-state index contributed by atoms with van der Waals surface area (Å²) in [6.45, 7) is 3.88. The summed E-state index contributed by atoms with van der Waals surface area (Å²) in [5, 5.41) is 3.03. The Kier molecular flexibility index (Phi) is 5.02. The molecule has 0 bridgehead atoms. The lowest BCUT2D eigenvalue weighted by atomic mass is 9.87. The van der Waals surface area contributed by atoms with Gasteiger partial charge < -0.3 is 15.0 Å². The Hall–Kier alpha value is -1.10. The van der Waals surface area contributed by atoms with Crippen molar-refractivity contribution in [2.75, 3.05) is 26.8 Å². The van der Waals surface area contributed by atoms with Crippen LogP contribution in [0.5, 0.6) is 0 Å². The van der Waals surface area contributed by atoms with E-state index in [0.717, 1.165) is 19.3 Å². The Morgan fingerprint density at radius 2 is 2.10 bits per heavy atom. The molecule has 1 atom stereocenters. The highest BCUT2D eigenvalue weighted by atomic mass is 16.5. The molecule has 1 aliphatic carbocycles. The number of hydrogen-bond acceptors (Lipinski definition) is 3. The minimum Gasteiger partial charge on any atom is -0.384 e. The van der Waals surface area contributed by atoms with Crippen LogP contribution in [0.4, 0.5) is 0 Å². The van der Waals surface area contributed by atoms with Gasteiger partial charge in [-0.15, -0.1) is 0 Å². The van der Waals surface area contributed by atoms with Gasteiger partial charge in [-0.05, 0) is 26.2 Å². The van der Waals surface area contributed by atoms with E-state index in [1.165, 1.54) is 12.8 Å². The van der Waals surface area contributed by atoms with Crippen LogP contribution in [-0.4, -0.2) is 49.6 Å². The largest absolute Gasteiger partial charge is 0.384 e. The summed E-state index contributed by atoms with van der Waals surface area (Å²) in [5.41, 5.74) is 0.0964. The predicted molar refractivity (Wildman–Crippen MR) is 76.2 cm³/mol. The number of nitrogens with zero attached hydrogens (tertiary/aromatic N) is 1. The third kappa shape index (κ3) is 3.32. The van der Waals surface area contributed by atoms with Crippen molar-refractivity contribution in [2.45, 2.75) is 51.5 Å². The Bertz CT molecular complexity index is 364. The minimum absolute atomic E-state index is 0.0392. The molecule has 0 radical (unpaired) electrons. The monoisotopic (exact) mass is 282 g/mol. The third-order valence-electron chi connectivity index (χ3n) is 4.71. The molecule has 1 saturated carbocycles. The number of carbonyl (C=O) groups is 2. The van der Waals surface area contributed by atoms with Gasteiger partial charge in [0.2, 0.25) is 11.8 Å². The molecule has 0 aromatic heterocycles. The number of hydrogen-bond donors (Lipinski definition) is 1. The molecular weight excluding hydrogens is 256 g/mol. The first-order valence-corrected chi connectivity index (χ1v) is 7.64. The Balaban J connectivity index is 1.86. The summed E-state index contributed by atoms with van der Waals surface area (Å²) < 4.78 is 5.32. The van der Waals surface area contributed by atoms with Gasteiger partial charge in [0.25, 0.3) is 0 Å². The van der Waals surface area contributed by atoms with E-state index < -0.39 is 0 Å². The van der Waals surface area contributed by atoms with E-state index in [4.69, 9.17) is 4.74 Å². The van der Waals surface area contributed by atoms with Gasteiger partial charge in [-0.1, -0.05) is 12.8 Å². The minimum atomic E-state index is -0.356. The fourth-order valence-corrected chi connectivity index (χ4v) is 3.45. The molecule has 2 fully saturated rings. The van der Waals surface area contributed by atoms with Gasteiger partial charge in [-0.2, -0.15) is 0 Å². The van der Waals surface area contributed by atoms with Crippen molar-refractivity contribution in [3.8, 4) is 0 Å². The molecule has 1 N–H and O–H groups in total. The number of nitrogens with one attached hydrogen (secondary N) is 1. The first-order valence-electron chi connectivity index (χ1n) is 7.64. The number of carbonyl (C=O) groups excluding carboxylic acids is 2. The maximum absolute atomic E-state index is 12.2. The second-order valence-electron chi connectivity index (χ2n) is 6.22. The molecule has 5 nitrogen and oxygen atoms in total. The number of amides is 2. The maximum Gasteiger partial charge on any atom is 0.242 e. The summed E-state index contributed by atoms with van der Waals surface area (Å²) in [6, 6.07) is -0.356. The zero-order valence-electron chi connectivity index (χ0n) is 12.6. The van der Waals surface area contributed by atoms with E-state index in [0.29, 0.717) is 26.1 Å². The summed E-state index contributed by atoms with van der Waals surface area (Å²) in [5.74, 6) is 0.0581. The average Bonchev–Trinajstić information content (AvgIpc) is 3.05. The second kappa shape index (κ2) is 6.57. The molecule has 1 unspecified atom stereocenters. The van der Waals surface area contributed by atoms with Crippen molar-refractivity contribution >= 4 is 11.8 Å². The van der Waals surface area contributed by atoms with Gasteiger partial charge in [0, 0.05) is 32.0 Å². The Labute approximate surface area is 121 Å². The summed E-state index contributed by atoms with van der Waals surface area (Å²) >= 11 is 0. The molecule has 1 heterocycles. The molecule has 2 rings (SSSR count). The molecule has 2 aliphatic rings. The van der Waals surface area contributed by atoms with Gasteiger partial charge in [-0.25, -0.2) is 0 Å². The lowest BCUT2D eigenvalue weighted by Crippen LogP contribution is -2.48. The standard InChI is InChI=1S/C15H26N2O3/c1-12(17-9-5-6-13(17)18)14(19)16-10-15(11-20-2)7-3-4-8-15/h12H,3-11H2,1-2H3,(H,16,19). The molecule has 5 heteroatoms. The molecule has 2 amide bonds. The van der Waals surface area contributed by atoms with Crippen molar-refractivity contribution in [3.05, 3.63) is 0 Å².